The van der Waals surface area contributed by atoms with Gasteiger partial charge < -0.3 is 19.7 Å². The highest BCUT2D eigenvalue weighted by Gasteiger charge is 2.44. The fourth-order valence-corrected chi connectivity index (χ4v) is 4.96. The van der Waals surface area contributed by atoms with Crippen molar-refractivity contribution < 1.29 is 23.9 Å². The summed E-state index contributed by atoms with van der Waals surface area (Å²) in [5.41, 5.74) is 2.45. The molecule has 2 heterocycles. The monoisotopic (exact) mass is 484 g/mol. The van der Waals surface area contributed by atoms with Crippen LogP contribution in [0.2, 0.25) is 5.02 Å². The minimum atomic E-state index is -0.682. The second kappa shape index (κ2) is 9.76. The molecule has 1 spiro atoms. The number of carbonyl (C=O) groups excluding carboxylic acids is 3. The van der Waals surface area contributed by atoms with Crippen molar-refractivity contribution in [2.24, 2.45) is 5.92 Å². The fraction of sp³-hybridized carbons (Fsp3) is 0.423. The van der Waals surface area contributed by atoms with Crippen molar-refractivity contribution in [2.45, 2.75) is 44.9 Å². The molecule has 2 aromatic rings. The Morgan fingerprint density at radius 3 is 2.47 bits per heavy atom. The second-order valence-corrected chi connectivity index (χ2v) is 9.61. The quantitative estimate of drug-likeness (QED) is 0.650. The molecule has 2 aromatic carbocycles. The minimum absolute atomic E-state index is 0.110. The number of benzene rings is 2. The molecule has 0 bridgehead atoms. The van der Waals surface area contributed by atoms with Gasteiger partial charge in [-0.05, 0) is 60.2 Å². The Bertz CT molecular complexity index is 1110. The summed E-state index contributed by atoms with van der Waals surface area (Å²) in [6.45, 7) is 5.41. The van der Waals surface area contributed by atoms with E-state index >= 15 is 0 Å². The van der Waals surface area contributed by atoms with E-state index in [-0.39, 0.29) is 23.0 Å². The van der Waals surface area contributed by atoms with Crippen LogP contribution in [0.5, 0.6) is 0 Å². The number of hydrogen-bond donors (Lipinski definition) is 1. The van der Waals surface area contributed by atoms with Gasteiger partial charge in [0.15, 0.2) is 0 Å². The summed E-state index contributed by atoms with van der Waals surface area (Å²) in [4.78, 5) is 39.9. The Morgan fingerprint density at radius 2 is 1.79 bits per heavy atom. The lowest BCUT2D eigenvalue weighted by Gasteiger charge is -2.40. The maximum absolute atomic E-state index is 13.4. The van der Waals surface area contributed by atoms with Crippen molar-refractivity contribution in [3.8, 4) is 0 Å². The van der Waals surface area contributed by atoms with Crippen LogP contribution in [0.3, 0.4) is 0 Å². The number of ether oxygens (including phenoxy) is 2. The highest BCUT2D eigenvalue weighted by atomic mass is 35.5. The summed E-state index contributed by atoms with van der Waals surface area (Å²) in [6.07, 6.45) is 1.38. The lowest BCUT2D eigenvalue weighted by molar-refractivity contribution is -0.141. The third-order valence-electron chi connectivity index (χ3n) is 6.71. The van der Waals surface area contributed by atoms with Gasteiger partial charge in [-0.1, -0.05) is 37.6 Å². The number of amides is 2. The van der Waals surface area contributed by atoms with Gasteiger partial charge in [-0.2, -0.15) is 0 Å². The minimum Gasteiger partial charge on any atom is -0.465 e. The normalized spacial score (nSPS) is 17.4. The van der Waals surface area contributed by atoms with E-state index < -0.39 is 17.9 Å². The Hall–Kier alpha value is -2.90. The number of rotatable bonds is 5. The number of fused-ring (bicyclic) bond motifs is 2. The van der Waals surface area contributed by atoms with Crippen molar-refractivity contribution in [1.29, 1.82) is 0 Å². The van der Waals surface area contributed by atoms with Gasteiger partial charge in [0.2, 0.25) is 5.91 Å². The number of likely N-dealkylation sites (tertiary alicyclic amines) is 1. The SMILES string of the molecule is COC(=O)c1cccc(C(=O)N[C@@H](C(=O)N2CCC3(CC2)OCc2cc(Cl)ccc23)C(C)C)c1. The van der Waals surface area contributed by atoms with Crippen LogP contribution in [0.25, 0.3) is 0 Å². The van der Waals surface area contributed by atoms with E-state index in [1.54, 1.807) is 23.1 Å². The molecular formula is C26H29ClN2O5. The number of nitrogens with one attached hydrogen (secondary N) is 1. The van der Waals surface area contributed by atoms with Crippen molar-refractivity contribution in [1.82, 2.24) is 10.2 Å². The lowest BCUT2D eigenvalue weighted by Crippen LogP contribution is -2.54. The molecule has 34 heavy (non-hydrogen) atoms. The first kappa shape index (κ1) is 24.2. The number of halogens is 1. The highest BCUT2D eigenvalue weighted by molar-refractivity contribution is 6.30. The van der Waals surface area contributed by atoms with Crippen molar-refractivity contribution >= 4 is 29.4 Å². The molecule has 8 heteroatoms. The Balaban J connectivity index is 1.44. The first-order valence-corrected chi connectivity index (χ1v) is 11.8. The summed E-state index contributed by atoms with van der Waals surface area (Å²) < 4.78 is 10.9. The zero-order valence-electron chi connectivity index (χ0n) is 19.6. The molecule has 2 aliphatic heterocycles. The van der Waals surface area contributed by atoms with Gasteiger partial charge in [0, 0.05) is 23.7 Å². The third kappa shape index (κ3) is 4.68. The largest absolute Gasteiger partial charge is 0.465 e. The molecule has 0 aliphatic carbocycles. The van der Waals surface area contributed by atoms with E-state index in [0.29, 0.717) is 43.1 Å². The van der Waals surface area contributed by atoms with Crippen LogP contribution >= 0.6 is 11.6 Å². The first-order chi connectivity index (χ1) is 16.2. The predicted molar refractivity (Wildman–Crippen MR) is 128 cm³/mol. The molecule has 0 unspecified atom stereocenters. The molecule has 7 nitrogen and oxygen atoms in total. The number of piperidine rings is 1. The third-order valence-corrected chi connectivity index (χ3v) is 6.95. The Morgan fingerprint density at radius 1 is 1.09 bits per heavy atom. The van der Waals surface area contributed by atoms with Crippen molar-refractivity contribution in [3.63, 3.8) is 0 Å². The average molecular weight is 485 g/mol. The van der Waals surface area contributed by atoms with E-state index in [4.69, 9.17) is 21.1 Å². The van der Waals surface area contributed by atoms with Gasteiger partial charge in [0.1, 0.15) is 6.04 Å². The van der Waals surface area contributed by atoms with Gasteiger partial charge in [0.05, 0.1) is 24.9 Å². The smallest absolute Gasteiger partial charge is 0.337 e. The summed E-state index contributed by atoms with van der Waals surface area (Å²) in [7, 11) is 1.29. The van der Waals surface area contributed by atoms with Gasteiger partial charge in [-0.3, -0.25) is 9.59 Å². The predicted octanol–water partition coefficient (Wildman–Crippen LogP) is 3.93. The molecule has 180 valence electrons. The van der Waals surface area contributed by atoms with Crippen LogP contribution in [0.4, 0.5) is 0 Å². The van der Waals surface area contributed by atoms with Crippen LogP contribution in [0.1, 0.15) is 58.5 Å². The standard InChI is InChI=1S/C26H29ClN2O5/c1-16(2)22(28-23(30)17-5-4-6-18(13-17)25(32)33-3)24(31)29-11-9-26(10-12-29)21-8-7-20(27)14-19(21)15-34-26/h4-8,13-14,16,22H,9-12,15H2,1-3H3,(H,28,30)/t22-/m1/s1. The van der Waals surface area contributed by atoms with Gasteiger partial charge in [0.25, 0.3) is 5.91 Å². The van der Waals surface area contributed by atoms with Crippen molar-refractivity contribution in [2.75, 3.05) is 20.2 Å². The molecule has 2 amide bonds. The fourth-order valence-electron chi connectivity index (χ4n) is 4.76. The molecule has 1 fully saturated rings. The van der Waals surface area contributed by atoms with E-state index in [0.717, 1.165) is 11.1 Å². The van der Waals surface area contributed by atoms with E-state index in [1.165, 1.54) is 13.2 Å². The molecule has 1 saturated heterocycles. The average Bonchev–Trinajstić information content (AvgIpc) is 3.18. The van der Waals surface area contributed by atoms with Crippen LogP contribution < -0.4 is 5.32 Å². The summed E-state index contributed by atoms with van der Waals surface area (Å²) in [6, 6.07) is 11.4. The number of carbonyl (C=O) groups is 3. The molecule has 0 saturated carbocycles. The zero-order valence-corrected chi connectivity index (χ0v) is 20.4. The van der Waals surface area contributed by atoms with Gasteiger partial charge >= 0.3 is 5.97 Å². The summed E-state index contributed by atoms with van der Waals surface area (Å²) in [5, 5.41) is 3.56. The van der Waals surface area contributed by atoms with Crippen LogP contribution in [0, 0.1) is 5.92 Å². The number of nitrogens with zero attached hydrogens (tertiary/aromatic N) is 1. The number of methoxy groups -OCH3 is 1. The van der Waals surface area contributed by atoms with Crippen LogP contribution in [0.15, 0.2) is 42.5 Å². The van der Waals surface area contributed by atoms with Gasteiger partial charge in [-0.15, -0.1) is 0 Å². The lowest BCUT2D eigenvalue weighted by atomic mass is 9.83. The molecule has 0 aromatic heterocycles. The van der Waals surface area contributed by atoms with Crippen molar-refractivity contribution in [3.05, 3.63) is 69.7 Å². The molecule has 1 atom stereocenters. The van der Waals surface area contributed by atoms with Crippen LogP contribution in [-0.2, 0) is 26.5 Å². The molecular weight excluding hydrogens is 456 g/mol. The maximum Gasteiger partial charge on any atom is 0.337 e. The molecule has 1 N–H and O–H groups in total. The molecule has 4 rings (SSSR count). The second-order valence-electron chi connectivity index (χ2n) is 9.18. The summed E-state index contributed by atoms with van der Waals surface area (Å²) in [5.74, 6) is -1.15. The summed E-state index contributed by atoms with van der Waals surface area (Å²) >= 11 is 6.13. The first-order valence-electron chi connectivity index (χ1n) is 11.4. The van der Waals surface area contributed by atoms with E-state index in [9.17, 15) is 14.4 Å². The topological polar surface area (TPSA) is 84.9 Å². The molecule has 2 aliphatic rings. The van der Waals surface area contributed by atoms with E-state index in [1.807, 2.05) is 32.0 Å². The van der Waals surface area contributed by atoms with E-state index in [2.05, 4.69) is 5.32 Å². The maximum atomic E-state index is 13.4. The Labute approximate surface area is 204 Å². The van der Waals surface area contributed by atoms with Gasteiger partial charge in [-0.25, -0.2) is 4.79 Å². The highest BCUT2D eigenvalue weighted by Crippen LogP contribution is 2.44. The molecule has 0 radical (unpaired) electrons. The number of esters is 1. The zero-order chi connectivity index (χ0) is 24.5. The number of hydrogen-bond acceptors (Lipinski definition) is 5. The Kier molecular flexibility index (Phi) is 6.96. The van der Waals surface area contributed by atoms with Crippen LogP contribution in [-0.4, -0.2) is 48.9 Å².